The Labute approximate surface area is 165 Å². The molecule has 0 unspecified atom stereocenters. The van der Waals surface area contributed by atoms with Gasteiger partial charge in [-0.1, -0.05) is 23.9 Å². The van der Waals surface area contributed by atoms with Crippen molar-refractivity contribution in [2.75, 3.05) is 25.3 Å². The maximum Gasteiger partial charge on any atom is 0.234 e. The van der Waals surface area contributed by atoms with Crippen LogP contribution in [-0.2, 0) is 11.8 Å². The highest BCUT2D eigenvalue weighted by Crippen LogP contribution is 2.32. The number of hydrogen-bond donors (Lipinski definition) is 1. The van der Waals surface area contributed by atoms with Crippen molar-refractivity contribution in [1.29, 1.82) is 0 Å². The Morgan fingerprint density at radius 2 is 1.89 bits per heavy atom. The van der Waals surface area contributed by atoms with Crippen LogP contribution >= 0.6 is 11.8 Å². The summed E-state index contributed by atoms with van der Waals surface area (Å²) >= 11 is 1.21. The molecule has 1 N–H and O–H groups in total. The molecular weight excluding hydrogens is 383 g/mol. The number of thioether (sulfide) groups is 1. The Bertz CT molecular complexity index is 993. The maximum absolute atomic E-state index is 13.6. The Hall–Kier alpha value is -3.07. The van der Waals surface area contributed by atoms with Gasteiger partial charge < -0.3 is 19.4 Å². The molecule has 0 aliphatic carbocycles. The smallest absolute Gasteiger partial charge is 0.234 e. The maximum atomic E-state index is 13.6. The number of aromatic nitrogens is 3. The zero-order valence-corrected chi connectivity index (χ0v) is 16.4. The minimum atomic E-state index is -0.477. The lowest BCUT2D eigenvalue weighted by Crippen LogP contribution is -2.15. The first-order valence-corrected chi connectivity index (χ1v) is 9.31. The topological polar surface area (TPSA) is 78.3 Å². The summed E-state index contributed by atoms with van der Waals surface area (Å²) in [6.07, 6.45) is 0. The van der Waals surface area contributed by atoms with E-state index in [1.165, 1.54) is 23.9 Å². The number of nitrogens with one attached hydrogen (secondary N) is 1. The molecule has 146 valence electrons. The second-order valence-corrected chi connectivity index (χ2v) is 6.69. The van der Waals surface area contributed by atoms with Gasteiger partial charge in [-0.2, -0.15) is 0 Å². The van der Waals surface area contributed by atoms with E-state index in [9.17, 15) is 9.18 Å². The minimum Gasteiger partial charge on any atom is -0.493 e. The third-order valence-electron chi connectivity index (χ3n) is 3.96. The Kier molecular flexibility index (Phi) is 6.15. The first-order valence-electron chi connectivity index (χ1n) is 8.32. The van der Waals surface area contributed by atoms with Crippen LogP contribution in [0.2, 0.25) is 0 Å². The summed E-state index contributed by atoms with van der Waals surface area (Å²) in [5, 5.41) is 11.4. The monoisotopic (exact) mass is 402 g/mol. The average molecular weight is 402 g/mol. The van der Waals surface area contributed by atoms with Gasteiger partial charge in [0.05, 0.1) is 25.7 Å². The van der Waals surface area contributed by atoms with Crippen LogP contribution in [-0.4, -0.2) is 40.6 Å². The van der Waals surface area contributed by atoms with Gasteiger partial charge in [0.1, 0.15) is 5.82 Å². The number of hydrogen-bond acceptors (Lipinski definition) is 6. The molecule has 1 heterocycles. The van der Waals surface area contributed by atoms with E-state index in [0.717, 1.165) is 5.56 Å². The molecule has 0 atom stereocenters. The normalized spacial score (nSPS) is 10.6. The second-order valence-electron chi connectivity index (χ2n) is 5.75. The van der Waals surface area contributed by atoms with Crippen molar-refractivity contribution in [1.82, 2.24) is 14.8 Å². The van der Waals surface area contributed by atoms with Crippen molar-refractivity contribution < 1.29 is 18.7 Å². The molecule has 2 aromatic carbocycles. The fourth-order valence-corrected chi connectivity index (χ4v) is 3.26. The van der Waals surface area contributed by atoms with E-state index >= 15 is 0 Å². The predicted octanol–water partition coefficient (Wildman–Crippen LogP) is 3.37. The van der Waals surface area contributed by atoms with Crippen molar-refractivity contribution >= 4 is 23.4 Å². The SMILES string of the molecule is COc1ccc(-c2nnc(SCC(=O)Nc3ccccc3F)n2C)cc1OC. The number of benzene rings is 2. The van der Waals surface area contributed by atoms with Crippen LogP contribution < -0.4 is 14.8 Å². The van der Waals surface area contributed by atoms with Crippen molar-refractivity contribution in [3.8, 4) is 22.9 Å². The summed E-state index contributed by atoms with van der Waals surface area (Å²) in [6, 6.07) is 11.5. The summed E-state index contributed by atoms with van der Waals surface area (Å²) in [5.74, 6) is 1.10. The number of carbonyl (C=O) groups excluding carboxylic acids is 1. The van der Waals surface area contributed by atoms with E-state index in [0.29, 0.717) is 22.5 Å². The summed E-state index contributed by atoms with van der Waals surface area (Å²) in [6.45, 7) is 0. The van der Waals surface area contributed by atoms with E-state index < -0.39 is 5.82 Å². The van der Waals surface area contributed by atoms with E-state index in [-0.39, 0.29) is 17.3 Å². The Balaban J connectivity index is 1.70. The quantitative estimate of drug-likeness (QED) is 0.611. The fourth-order valence-electron chi connectivity index (χ4n) is 2.55. The number of methoxy groups -OCH3 is 2. The number of para-hydroxylation sites is 1. The van der Waals surface area contributed by atoms with Crippen molar-refractivity contribution in [3.05, 3.63) is 48.3 Å². The number of halogens is 1. The molecule has 0 bridgehead atoms. The van der Waals surface area contributed by atoms with Gasteiger partial charge in [-0.25, -0.2) is 4.39 Å². The van der Waals surface area contributed by atoms with Crippen LogP contribution in [0.25, 0.3) is 11.4 Å². The molecular formula is C19H19FN4O3S. The van der Waals surface area contributed by atoms with Gasteiger partial charge >= 0.3 is 0 Å². The zero-order chi connectivity index (χ0) is 20.1. The number of rotatable bonds is 7. The van der Waals surface area contributed by atoms with Crippen molar-refractivity contribution in [2.45, 2.75) is 5.16 Å². The molecule has 0 fully saturated rings. The number of ether oxygens (including phenoxy) is 2. The molecule has 1 aromatic heterocycles. The van der Waals surface area contributed by atoms with Crippen LogP contribution in [0.1, 0.15) is 0 Å². The van der Waals surface area contributed by atoms with Crippen LogP contribution in [0.4, 0.5) is 10.1 Å². The Morgan fingerprint density at radius 3 is 2.61 bits per heavy atom. The number of amides is 1. The first kappa shape index (κ1) is 19.7. The lowest BCUT2D eigenvalue weighted by molar-refractivity contribution is -0.113. The zero-order valence-electron chi connectivity index (χ0n) is 15.6. The van der Waals surface area contributed by atoms with E-state index in [4.69, 9.17) is 9.47 Å². The van der Waals surface area contributed by atoms with Gasteiger partial charge in [0.2, 0.25) is 5.91 Å². The van der Waals surface area contributed by atoms with Crippen LogP contribution in [0, 0.1) is 5.82 Å². The fraction of sp³-hybridized carbons (Fsp3) is 0.211. The molecule has 1 amide bonds. The summed E-state index contributed by atoms with van der Waals surface area (Å²) in [7, 11) is 4.94. The van der Waals surface area contributed by atoms with Gasteiger partial charge in [0, 0.05) is 12.6 Å². The highest BCUT2D eigenvalue weighted by Gasteiger charge is 2.15. The molecule has 0 saturated carbocycles. The largest absolute Gasteiger partial charge is 0.493 e. The molecule has 7 nitrogen and oxygen atoms in total. The first-order chi connectivity index (χ1) is 13.5. The number of anilines is 1. The molecule has 0 radical (unpaired) electrons. The summed E-state index contributed by atoms with van der Waals surface area (Å²) < 4.78 is 26.0. The van der Waals surface area contributed by atoms with Gasteiger partial charge in [-0.15, -0.1) is 10.2 Å². The summed E-state index contributed by atoms with van der Waals surface area (Å²) in [5.41, 5.74) is 0.951. The van der Waals surface area contributed by atoms with E-state index in [2.05, 4.69) is 15.5 Å². The molecule has 0 saturated heterocycles. The molecule has 0 spiro atoms. The molecule has 3 rings (SSSR count). The number of nitrogens with zero attached hydrogens (tertiary/aromatic N) is 3. The van der Waals surface area contributed by atoms with Crippen LogP contribution in [0.5, 0.6) is 11.5 Å². The summed E-state index contributed by atoms with van der Waals surface area (Å²) in [4.78, 5) is 12.1. The van der Waals surface area contributed by atoms with Gasteiger partial charge in [-0.3, -0.25) is 4.79 Å². The average Bonchev–Trinajstić information content (AvgIpc) is 3.08. The van der Waals surface area contributed by atoms with E-state index in [1.807, 2.05) is 19.2 Å². The van der Waals surface area contributed by atoms with Gasteiger partial charge in [0.15, 0.2) is 22.5 Å². The van der Waals surface area contributed by atoms with Gasteiger partial charge in [-0.05, 0) is 30.3 Å². The molecule has 0 aliphatic heterocycles. The molecule has 3 aromatic rings. The van der Waals surface area contributed by atoms with Crippen molar-refractivity contribution in [2.24, 2.45) is 7.05 Å². The standard InChI is InChI=1S/C19H19FN4O3S/c1-24-18(12-8-9-15(26-2)16(10-12)27-3)22-23-19(24)28-11-17(25)21-14-7-5-4-6-13(14)20/h4-10H,11H2,1-3H3,(H,21,25). The second kappa shape index (κ2) is 8.75. The van der Waals surface area contributed by atoms with Crippen molar-refractivity contribution in [3.63, 3.8) is 0 Å². The highest BCUT2D eigenvalue weighted by atomic mass is 32.2. The van der Waals surface area contributed by atoms with Crippen LogP contribution in [0.15, 0.2) is 47.6 Å². The minimum absolute atomic E-state index is 0.0756. The predicted molar refractivity (Wildman–Crippen MR) is 105 cm³/mol. The van der Waals surface area contributed by atoms with Crippen LogP contribution in [0.3, 0.4) is 0 Å². The third-order valence-corrected chi connectivity index (χ3v) is 4.98. The third kappa shape index (κ3) is 4.25. The lowest BCUT2D eigenvalue weighted by Gasteiger charge is -2.09. The lowest BCUT2D eigenvalue weighted by atomic mass is 10.2. The Morgan fingerprint density at radius 1 is 1.14 bits per heavy atom. The molecule has 9 heteroatoms. The molecule has 0 aliphatic rings. The number of carbonyl (C=O) groups is 1. The van der Waals surface area contributed by atoms with E-state index in [1.54, 1.807) is 37.0 Å². The van der Waals surface area contributed by atoms with Gasteiger partial charge in [0.25, 0.3) is 0 Å². The molecule has 28 heavy (non-hydrogen) atoms. The highest BCUT2D eigenvalue weighted by molar-refractivity contribution is 7.99.